The molecule has 1 aromatic heterocycles. The lowest BCUT2D eigenvalue weighted by Crippen LogP contribution is -2.42. The summed E-state index contributed by atoms with van der Waals surface area (Å²) in [5.74, 6) is -0.987. The van der Waals surface area contributed by atoms with Crippen molar-refractivity contribution in [2.45, 2.75) is 27.3 Å². The molecular weight excluding hydrogens is 334 g/mol. The molecule has 0 atom stereocenters. The van der Waals surface area contributed by atoms with Crippen molar-refractivity contribution in [1.82, 2.24) is 20.6 Å². The molecule has 3 N–H and O–H groups in total. The van der Waals surface area contributed by atoms with Gasteiger partial charge in [0, 0.05) is 24.4 Å². The highest BCUT2D eigenvalue weighted by molar-refractivity contribution is 5.93. The van der Waals surface area contributed by atoms with Crippen LogP contribution in [-0.2, 0) is 20.9 Å². The van der Waals surface area contributed by atoms with Gasteiger partial charge in [-0.25, -0.2) is 0 Å². The number of aryl methyl sites for hydroxylation is 2. The zero-order valence-corrected chi connectivity index (χ0v) is 14.9. The Labute approximate surface area is 151 Å². The molecule has 3 amide bonds. The fraction of sp³-hybridized carbons (Fsp3) is 0.222. The van der Waals surface area contributed by atoms with Crippen molar-refractivity contribution >= 4 is 29.5 Å². The lowest BCUT2D eigenvalue weighted by Gasteiger charge is -2.06. The first-order chi connectivity index (χ1) is 12.3. The van der Waals surface area contributed by atoms with Gasteiger partial charge in [0.1, 0.15) is 6.54 Å². The molecule has 0 saturated heterocycles. The second-order valence-electron chi connectivity index (χ2n) is 5.76. The molecule has 0 aliphatic rings. The number of carbonyl (C=O) groups excluding carboxylic acids is 3. The fourth-order valence-corrected chi connectivity index (χ4v) is 2.24. The van der Waals surface area contributed by atoms with E-state index in [1.807, 2.05) is 19.9 Å². The summed E-state index contributed by atoms with van der Waals surface area (Å²) in [6.07, 6.45) is 2.90. The van der Waals surface area contributed by atoms with Crippen LogP contribution in [0.3, 0.4) is 0 Å². The van der Waals surface area contributed by atoms with Gasteiger partial charge in [0.15, 0.2) is 0 Å². The standard InChI is InChI=1S/C18H21N5O3/c1-12-10-13(2)23(22-12)11-18(26)21-20-17(25)9-6-15-4-7-16(8-5-15)19-14(3)24/h4-10H,11H2,1-3H3,(H,19,24)(H,20,25)(H,21,26)/b9-6+. The molecule has 1 aromatic carbocycles. The zero-order valence-electron chi connectivity index (χ0n) is 14.9. The van der Waals surface area contributed by atoms with Gasteiger partial charge in [-0.3, -0.25) is 29.9 Å². The Morgan fingerprint density at radius 1 is 1.12 bits per heavy atom. The van der Waals surface area contributed by atoms with Crippen LogP contribution in [0, 0.1) is 13.8 Å². The summed E-state index contributed by atoms with van der Waals surface area (Å²) in [6.45, 7) is 5.15. The summed E-state index contributed by atoms with van der Waals surface area (Å²) in [5, 5.41) is 6.84. The van der Waals surface area contributed by atoms with E-state index in [-0.39, 0.29) is 18.4 Å². The number of carbonyl (C=O) groups is 3. The van der Waals surface area contributed by atoms with Gasteiger partial charge in [0.25, 0.3) is 11.8 Å². The Morgan fingerprint density at radius 2 is 1.81 bits per heavy atom. The summed E-state index contributed by atoms with van der Waals surface area (Å²) >= 11 is 0. The van der Waals surface area contributed by atoms with Crippen LogP contribution in [0.1, 0.15) is 23.9 Å². The Hall–Kier alpha value is -3.42. The lowest BCUT2D eigenvalue weighted by molar-refractivity contribution is -0.127. The molecule has 0 saturated carbocycles. The van der Waals surface area contributed by atoms with Crippen LogP contribution in [-0.4, -0.2) is 27.5 Å². The van der Waals surface area contributed by atoms with Crippen LogP contribution in [0.5, 0.6) is 0 Å². The number of hydrazine groups is 1. The maximum absolute atomic E-state index is 11.8. The first kappa shape index (κ1) is 18.9. The normalized spacial score (nSPS) is 10.6. The van der Waals surface area contributed by atoms with Crippen LogP contribution in [0.2, 0.25) is 0 Å². The Balaban J connectivity index is 1.80. The molecule has 2 aromatic rings. The van der Waals surface area contributed by atoms with Crippen LogP contribution in [0.25, 0.3) is 6.08 Å². The van der Waals surface area contributed by atoms with Crippen LogP contribution >= 0.6 is 0 Å². The van der Waals surface area contributed by atoms with E-state index in [1.54, 1.807) is 35.0 Å². The zero-order chi connectivity index (χ0) is 19.1. The minimum absolute atomic E-state index is 0.0221. The van der Waals surface area contributed by atoms with Crippen LogP contribution in [0.15, 0.2) is 36.4 Å². The minimum Gasteiger partial charge on any atom is -0.326 e. The molecule has 0 unspecified atom stereocenters. The monoisotopic (exact) mass is 355 g/mol. The molecule has 26 heavy (non-hydrogen) atoms. The fourth-order valence-electron chi connectivity index (χ4n) is 2.24. The number of benzene rings is 1. The molecule has 2 rings (SSSR count). The van der Waals surface area contributed by atoms with Gasteiger partial charge in [-0.05, 0) is 43.7 Å². The van der Waals surface area contributed by atoms with Gasteiger partial charge in [0.2, 0.25) is 5.91 Å². The quantitative estimate of drug-likeness (QED) is 0.556. The van der Waals surface area contributed by atoms with E-state index in [0.717, 1.165) is 17.0 Å². The van der Waals surface area contributed by atoms with Gasteiger partial charge in [-0.15, -0.1) is 0 Å². The summed E-state index contributed by atoms with van der Waals surface area (Å²) in [5.41, 5.74) is 7.80. The summed E-state index contributed by atoms with van der Waals surface area (Å²) < 4.78 is 1.56. The first-order valence-corrected chi connectivity index (χ1v) is 7.99. The van der Waals surface area contributed by atoms with Gasteiger partial charge in [-0.1, -0.05) is 12.1 Å². The highest BCUT2D eigenvalue weighted by atomic mass is 16.2. The van der Waals surface area contributed by atoms with E-state index >= 15 is 0 Å². The van der Waals surface area contributed by atoms with E-state index in [4.69, 9.17) is 0 Å². The van der Waals surface area contributed by atoms with Crippen molar-refractivity contribution in [2.75, 3.05) is 5.32 Å². The third-order valence-corrected chi connectivity index (χ3v) is 3.38. The largest absolute Gasteiger partial charge is 0.326 e. The summed E-state index contributed by atoms with van der Waals surface area (Å²) in [4.78, 5) is 34.6. The van der Waals surface area contributed by atoms with Crippen molar-refractivity contribution < 1.29 is 14.4 Å². The van der Waals surface area contributed by atoms with E-state index in [0.29, 0.717) is 5.69 Å². The first-order valence-electron chi connectivity index (χ1n) is 7.99. The number of anilines is 1. The van der Waals surface area contributed by atoms with Gasteiger partial charge < -0.3 is 5.32 Å². The second kappa shape index (κ2) is 8.61. The number of hydrogen-bond donors (Lipinski definition) is 3. The average Bonchev–Trinajstić information content (AvgIpc) is 2.89. The van der Waals surface area contributed by atoms with Crippen LogP contribution in [0.4, 0.5) is 5.69 Å². The van der Waals surface area contributed by atoms with Crippen molar-refractivity contribution in [2.24, 2.45) is 0 Å². The SMILES string of the molecule is CC(=O)Nc1ccc(/C=C/C(=O)NNC(=O)Cn2nc(C)cc2C)cc1. The average molecular weight is 355 g/mol. The van der Waals surface area contributed by atoms with Crippen molar-refractivity contribution in [3.63, 3.8) is 0 Å². The number of hydrogen-bond acceptors (Lipinski definition) is 4. The number of rotatable bonds is 5. The summed E-state index contributed by atoms with van der Waals surface area (Å²) in [7, 11) is 0. The Bertz CT molecular complexity index is 837. The molecule has 1 heterocycles. The maximum atomic E-state index is 11.8. The number of nitrogens with zero attached hydrogens (tertiary/aromatic N) is 2. The predicted molar refractivity (Wildman–Crippen MR) is 97.8 cm³/mol. The van der Waals surface area contributed by atoms with E-state index in [2.05, 4.69) is 21.3 Å². The number of nitrogens with one attached hydrogen (secondary N) is 3. The third-order valence-electron chi connectivity index (χ3n) is 3.38. The topological polar surface area (TPSA) is 105 Å². The molecule has 0 fully saturated rings. The number of aromatic nitrogens is 2. The Morgan fingerprint density at radius 3 is 2.38 bits per heavy atom. The van der Waals surface area contributed by atoms with Crippen molar-refractivity contribution in [1.29, 1.82) is 0 Å². The number of amides is 3. The molecule has 0 aliphatic carbocycles. The maximum Gasteiger partial charge on any atom is 0.262 e. The summed E-state index contributed by atoms with van der Waals surface area (Å²) in [6, 6.07) is 8.85. The molecule has 0 radical (unpaired) electrons. The molecule has 136 valence electrons. The van der Waals surface area contributed by atoms with Crippen LogP contribution < -0.4 is 16.2 Å². The second-order valence-corrected chi connectivity index (χ2v) is 5.76. The predicted octanol–water partition coefficient (Wildman–Crippen LogP) is 1.32. The van der Waals surface area contributed by atoms with Crippen molar-refractivity contribution in [3.8, 4) is 0 Å². The highest BCUT2D eigenvalue weighted by Gasteiger charge is 2.07. The molecule has 0 bridgehead atoms. The molecule has 0 aliphatic heterocycles. The molecule has 0 spiro atoms. The van der Waals surface area contributed by atoms with E-state index in [9.17, 15) is 14.4 Å². The molecule has 8 nitrogen and oxygen atoms in total. The van der Waals surface area contributed by atoms with Crippen molar-refractivity contribution in [3.05, 3.63) is 53.4 Å². The Kier molecular flexibility index (Phi) is 6.26. The molecule has 8 heteroatoms. The highest BCUT2D eigenvalue weighted by Crippen LogP contribution is 2.10. The van der Waals surface area contributed by atoms with Gasteiger partial charge in [0.05, 0.1) is 5.69 Å². The van der Waals surface area contributed by atoms with Gasteiger partial charge in [-0.2, -0.15) is 5.10 Å². The third kappa shape index (κ3) is 5.90. The van der Waals surface area contributed by atoms with E-state index in [1.165, 1.54) is 13.0 Å². The van der Waals surface area contributed by atoms with Gasteiger partial charge >= 0.3 is 0 Å². The van der Waals surface area contributed by atoms with E-state index < -0.39 is 5.91 Å². The molecular formula is C18H21N5O3. The lowest BCUT2D eigenvalue weighted by atomic mass is 10.2. The smallest absolute Gasteiger partial charge is 0.262 e. The minimum atomic E-state index is -0.461.